The van der Waals surface area contributed by atoms with Crippen LogP contribution in [0.25, 0.3) is 0 Å². The second-order valence-corrected chi connectivity index (χ2v) is 11.5. The van der Waals surface area contributed by atoms with Crippen LogP contribution >= 0.6 is 0 Å². The number of aryl methyl sites for hydroxylation is 1. The van der Waals surface area contributed by atoms with Crippen molar-refractivity contribution in [2.45, 2.75) is 89.1 Å². The molecule has 1 fully saturated rings. The van der Waals surface area contributed by atoms with E-state index in [-0.39, 0.29) is 31.4 Å². The van der Waals surface area contributed by atoms with Gasteiger partial charge in [0, 0.05) is 44.0 Å². The van der Waals surface area contributed by atoms with Crippen LogP contribution in [0, 0.1) is 17.6 Å². The van der Waals surface area contributed by atoms with Crippen molar-refractivity contribution in [2.75, 3.05) is 26.9 Å². The van der Waals surface area contributed by atoms with Crippen molar-refractivity contribution in [3.63, 3.8) is 0 Å². The number of carboxylic acids is 1. The lowest BCUT2D eigenvalue weighted by atomic mass is 9.73. The molecule has 11 heteroatoms. The quantitative estimate of drug-likeness (QED) is 0.193. The number of ether oxygens (including phenoxy) is 3. The number of carbonyl (C=O) groups excluding carboxylic acids is 1. The highest BCUT2D eigenvalue weighted by atomic mass is 19.1. The van der Waals surface area contributed by atoms with Crippen molar-refractivity contribution in [1.82, 2.24) is 10.6 Å². The first-order chi connectivity index (χ1) is 21.1. The Morgan fingerprint density at radius 2 is 1.75 bits per heavy atom. The molecule has 44 heavy (non-hydrogen) atoms. The largest absolute Gasteiger partial charge is 0.479 e. The predicted octanol–water partition coefficient (Wildman–Crippen LogP) is 5.09. The highest BCUT2D eigenvalue weighted by Gasteiger charge is 2.51. The monoisotopic (exact) mass is 619 g/mol. The zero-order chi connectivity index (χ0) is 32.2. The molecule has 0 radical (unpaired) electrons. The molecule has 5 N–H and O–H groups in total. The maximum atomic E-state index is 14.1. The van der Waals surface area contributed by atoms with Gasteiger partial charge in [-0.3, -0.25) is 0 Å². The molecule has 1 aliphatic rings. The predicted molar refractivity (Wildman–Crippen MR) is 163 cm³/mol. The van der Waals surface area contributed by atoms with Crippen LogP contribution in [0.3, 0.4) is 0 Å². The van der Waals surface area contributed by atoms with Gasteiger partial charge in [-0.2, -0.15) is 0 Å². The Bertz CT molecular complexity index is 1210. The number of carboxylic acid groups (broad SMARTS) is 1. The highest BCUT2D eigenvalue weighted by molar-refractivity contribution is 5.85. The smallest absolute Gasteiger partial charge is 0.407 e. The number of amides is 1. The summed E-state index contributed by atoms with van der Waals surface area (Å²) in [6.07, 6.45) is 2.92. The van der Waals surface area contributed by atoms with Crippen LogP contribution in [-0.4, -0.2) is 61.4 Å². The number of alkyl carbamates (subject to hydrolysis) is 1. The number of unbranched alkanes of at least 4 members (excludes halogenated alkanes) is 1. The number of rotatable bonds is 17. The standard InChI is InChI=1S/C33H47F2N3O6/c1-4-6-11-32(43-14-8-15-44-32)12-13-33(30(39)40,38-31(41)42-3)28(22-37-21-24-10-7-9-23(5-2)16-24)29(36)19-25-17-26(34)20-27(35)18-25/h7,9-10,16-18,20,28-29,37H,4-6,8,11-15,19,21-22,36H2,1-3H3,(H,38,41)(H,39,40)/t28-,29?,33+/m1/s1. The number of nitrogens with two attached hydrogens (primary N) is 1. The number of hydrogen-bond acceptors (Lipinski definition) is 7. The van der Waals surface area contributed by atoms with Crippen LogP contribution in [0.15, 0.2) is 42.5 Å². The summed E-state index contributed by atoms with van der Waals surface area (Å²) in [5.41, 5.74) is 7.21. The molecule has 3 rings (SSSR count). The number of benzene rings is 2. The van der Waals surface area contributed by atoms with Gasteiger partial charge in [0.1, 0.15) is 17.2 Å². The summed E-state index contributed by atoms with van der Waals surface area (Å²) in [4.78, 5) is 26.1. The second-order valence-electron chi connectivity index (χ2n) is 11.5. The fraction of sp³-hybridized carbons (Fsp3) is 0.576. The normalized spacial score (nSPS) is 17.3. The van der Waals surface area contributed by atoms with Crippen molar-refractivity contribution < 1.29 is 37.7 Å². The van der Waals surface area contributed by atoms with Gasteiger partial charge in [-0.25, -0.2) is 18.4 Å². The molecule has 0 aromatic heterocycles. The Morgan fingerprint density at radius 3 is 2.36 bits per heavy atom. The average Bonchev–Trinajstić information content (AvgIpc) is 3.00. The highest BCUT2D eigenvalue weighted by Crippen LogP contribution is 2.36. The molecule has 1 saturated heterocycles. The first-order valence-electron chi connectivity index (χ1n) is 15.4. The van der Waals surface area contributed by atoms with E-state index in [2.05, 4.69) is 23.6 Å². The summed E-state index contributed by atoms with van der Waals surface area (Å²) in [5.74, 6) is -4.81. The Morgan fingerprint density at radius 1 is 1.07 bits per heavy atom. The van der Waals surface area contributed by atoms with Gasteiger partial charge in [-0.05, 0) is 60.9 Å². The van der Waals surface area contributed by atoms with E-state index >= 15 is 0 Å². The van der Waals surface area contributed by atoms with Crippen LogP contribution in [0.2, 0.25) is 0 Å². The Balaban J connectivity index is 2.00. The van der Waals surface area contributed by atoms with Crippen molar-refractivity contribution in [2.24, 2.45) is 11.7 Å². The molecule has 2 aromatic carbocycles. The Labute approximate surface area is 258 Å². The fourth-order valence-corrected chi connectivity index (χ4v) is 5.92. The zero-order valence-corrected chi connectivity index (χ0v) is 26.0. The van der Waals surface area contributed by atoms with E-state index in [1.165, 1.54) is 12.1 Å². The number of aliphatic carboxylic acids is 1. The maximum Gasteiger partial charge on any atom is 0.407 e. The third kappa shape index (κ3) is 9.69. The summed E-state index contributed by atoms with van der Waals surface area (Å²) >= 11 is 0. The van der Waals surface area contributed by atoms with E-state index in [0.29, 0.717) is 26.2 Å². The summed E-state index contributed by atoms with van der Waals surface area (Å²) < 4.78 is 45.3. The maximum absolute atomic E-state index is 14.1. The van der Waals surface area contributed by atoms with Crippen molar-refractivity contribution in [1.29, 1.82) is 0 Å². The van der Waals surface area contributed by atoms with Crippen LogP contribution < -0.4 is 16.4 Å². The van der Waals surface area contributed by atoms with Gasteiger partial charge in [0.15, 0.2) is 5.79 Å². The molecule has 1 amide bonds. The summed E-state index contributed by atoms with van der Waals surface area (Å²) in [5, 5.41) is 16.8. The molecule has 0 aliphatic carbocycles. The molecule has 1 heterocycles. The second kappa shape index (κ2) is 16.8. The van der Waals surface area contributed by atoms with Gasteiger partial charge in [0.05, 0.1) is 20.3 Å². The van der Waals surface area contributed by atoms with Gasteiger partial charge in [-0.1, -0.05) is 44.5 Å². The lowest BCUT2D eigenvalue weighted by Crippen LogP contribution is -2.66. The molecule has 1 aliphatic heterocycles. The van der Waals surface area contributed by atoms with E-state index in [0.717, 1.165) is 50.0 Å². The van der Waals surface area contributed by atoms with Gasteiger partial charge in [-0.15, -0.1) is 0 Å². The minimum absolute atomic E-state index is 0.0434. The molecule has 3 atom stereocenters. The molecule has 0 spiro atoms. The van der Waals surface area contributed by atoms with Crippen LogP contribution in [0.4, 0.5) is 13.6 Å². The Kier molecular flexibility index (Phi) is 13.5. The van der Waals surface area contributed by atoms with E-state index < -0.39 is 47.0 Å². The molecular weight excluding hydrogens is 572 g/mol. The lowest BCUT2D eigenvalue weighted by Gasteiger charge is -2.44. The molecular formula is C33H47F2N3O6. The van der Waals surface area contributed by atoms with Gasteiger partial charge < -0.3 is 35.7 Å². The number of methoxy groups -OCH3 is 1. The number of hydrogen-bond donors (Lipinski definition) is 4. The van der Waals surface area contributed by atoms with Crippen LogP contribution in [0.5, 0.6) is 0 Å². The number of nitrogens with one attached hydrogen (secondary N) is 2. The topological polar surface area (TPSA) is 132 Å². The SMILES string of the molecule is CCCCC1(CC[C@@](NC(=O)OC)(C(=O)O)[C@H](CNCc2cccc(CC)c2)C(N)Cc2cc(F)cc(F)c2)OCCCO1. The van der Waals surface area contributed by atoms with E-state index in [1.54, 1.807) is 0 Å². The zero-order valence-electron chi connectivity index (χ0n) is 26.0. The van der Waals surface area contributed by atoms with Gasteiger partial charge in [0.25, 0.3) is 0 Å². The molecule has 9 nitrogen and oxygen atoms in total. The third-order valence-corrected chi connectivity index (χ3v) is 8.36. The van der Waals surface area contributed by atoms with Crippen molar-refractivity contribution in [3.8, 4) is 0 Å². The summed E-state index contributed by atoms with van der Waals surface area (Å²) in [7, 11) is 1.15. The third-order valence-electron chi connectivity index (χ3n) is 8.36. The minimum atomic E-state index is -1.94. The Hall–Kier alpha value is -3.12. The number of halogens is 2. The van der Waals surface area contributed by atoms with Gasteiger partial charge in [0.2, 0.25) is 0 Å². The van der Waals surface area contributed by atoms with Crippen LogP contribution in [-0.2, 0) is 38.4 Å². The number of carbonyl (C=O) groups is 2. The molecule has 0 bridgehead atoms. The minimum Gasteiger partial charge on any atom is -0.479 e. The summed E-state index contributed by atoms with van der Waals surface area (Å²) in [6.45, 7) is 5.52. The van der Waals surface area contributed by atoms with E-state index in [9.17, 15) is 23.5 Å². The van der Waals surface area contributed by atoms with Gasteiger partial charge >= 0.3 is 12.1 Å². The fourth-order valence-electron chi connectivity index (χ4n) is 5.92. The van der Waals surface area contributed by atoms with E-state index in [1.807, 2.05) is 25.1 Å². The molecule has 2 aromatic rings. The molecule has 0 saturated carbocycles. The van der Waals surface area contributed by atoms with Crippen LogP contribution in [0.1, 0.15) is 69.1 Å². The first kappa shape index (κ1) is 35.4. The van der Waals surface area contributed by atoms with Crippen molar-refractivity contribution in [3.05, 3.63) is 70.8 Å². The lowest BCUT2D eigenvalue weighted by molar-refractivity contribution is -0.276. The average molecular weight is 620 g/mol. The molecule has 1 unspecified atom stereocenters. The van der Waals surface area contributed by atoms with Crippen molar-refractivity contribution >= 4 is 12.1 Å². The summed E-state index contributed by atoms with van der Waals surface area (Å²) in [6, 6.07) is 10.2. The molecule has 244 valence electrons. The first-order valence-corrected chi connectivity index (χ1v) is 15.4. The van der Waals surface area contributed by atoms with E-state index in [4.69, 9.17) is 19.9 Å².